The van der Waals surface area contributed by atoms with Crippen LogP contribution in [-0.4, -0.2) is 34.7 Å². The standard InChI is InChI=1S/C21H26N4O4/c1-2-3-5-10-22-21(27)19-24-18(15-7-4-6-11-25(15)19)20(26)23-14-8-9-16-17(12-14)29-13-28-16/h8-9,12H,2-7,10-11,13H2,1H3,(H,22,27)(H,23,26). The number of fused-ring (bicyclic) bond motifs is 2. The number of hydrogen-bond acceptors (Lipinski definition) is 5. The van der Waals surface area contributed by atoms with E-state index >= 15 is 0 Å². The Hall–Kier alpha value is -3.03. The summed E-state index contributed by atoms with van der Waals surface area (Å²) in [6, 6.07) is 5.25. The Morgan fingerprint density at radius 3 is 2.86 bits per heavy atom. The molecule has 8 nitrogen and oxygen atoms in total. The van der Waals surface area contributed by atoms with Gasteiger partial charge in [-0.15, -0.1) is 0 Å². The molecule has 29 heavy (non-hydrogen) atoms. The van der Waals surface area contributed by atoms with Crippen molar-refractivity contribution in [2.45, 2.75) is 52.0 Å². The first kappa shape index (κ1) is 19.3. The average Bonchev–Trinajstić information content (AvgIpc) is 3.35. The van der Waals surface area contributed by atoms with E-state index in [0.717, 1.165) is 44.2 Å². The molecule has 0 atom stereocenters. The first-order valence-electron chi connectivity index (χ1n) is 10.3. The lowest BCUT2D eigenvalue weighted by Gasteiger charge is -2.17. The Kier molecular flexibility index (Phi) is 5.69. The summed E-state index contributed by atoms with van der Waals surface area (Å²) < 4.78 is 12.6. The van der Waals surface area contributed by atoms with Crippen molar-refractivity contribution >= 4 is 17.5 Å². The van der Waals surface area contributed by atoms with Crippen molar-refractivity contribution in [1.29, 1.82) is 0 Å². The van der Waals surface area contributed by atoms with Crippen molar-refractivity contribution in [2.75, 3.05) is 18.7 Å². The maximum absolute atomic E-state index is 12.9. The van der Waals surface area contributed by atoms with Gasteiger partial charge in [0.25, 0.3) is 11.8 Å². The van der Waals surface area contributed by atoms with E-state index in [4.69, 9.17) is 9.47 Å². The van der Waals surface area contributed by atoms with E-state index in [-0.39, 0.29) is 18.6 Å². The van der Waals surface area contributed by atoms with Gasteiger partial charge in [0, 0.05) is 24.8 Å². The van der Waals surface area contributed by atoms with Crippen LogP contribution < -0.4 is 20.1 Å². The summed E-state index contributed by atoms with van der Waals surface area (Å²) >= 11 is 0. The third-order valence-electron chi connectivity index (χ3n) is 5.23. The van der Waals surface area contributed by atoms with Gasteiger partial charge >= 0.3 is 0 Å². The van der Waals surface area contributed by atoms with Gasteiger partial charge in [-0.1, -0.05) is 19.8 Å². The number of unbranched alkanes of at least 4 members (excludes halogenated alkanes) is 2. The van der Waals surface area contributed by atoms with E-state index in [9.17, 15) is 9.59 Å². The second kappa shape index (κ2) is 8.55. The highest BCUT2D eigenvalue weighted by Gasteiger charge is 2.27. The maximum atomic E-state index is 12.9. The molecular formula is C21H26N4O4. The fourth-order valence-corrected chi connectivity index (χ4v) is 3.72. The Bertz CT molecular complexity index is 922. The highest BCUT2D eigenvalue weighted by Crippen LogP contribution is 2.34. The number of aromatic nitrogens is 2. The minimum Gasteiger partial charge on any atom is -0.454 e. The Morgan fingerprint density at radius 1 is 1.14 bits per heavy atom. The zero-order valence-electron chi connectivity index (χ0n) is 16.6. The van der Waals surface area contributed by atoms with E-state index in [1.165, 1.54) is 0 Å². The van der Waals surface area contributed by atoms with E-state index < -0.39 is 0 Å². The lowest BCUT2D eigenvalue weighted by atomic mass is 10.1. The molecule has 2 aromatic rings. The third kappa shape index (κ3) is 4.06. The van der Waals surface area contributed by atoms with Crippen LogP contribution in [0.3, 0.4) is 0 Å². The molecule has 2 aliphatic rings. The number of carbonyl (C=O) groups is 2. The Labute approximate surface area is 169 Å². The van der Waals surface area contributed by atoms with Crippen LogP contribution >= 0.6 is 0 Å². The number of hydrogen-bond donors (Lipinski definition) is 2. The minimum absolute atomic E-state index is 0.179. The Morgan fingerprint density at radius 2 is 2.00 bits per heavy atom. The summed E-state index contributed by atoms with van der Waals surface area (Å²) in [4.78, 5) is 30.0. The van der Waals surface area contributed by atoms with Gasteiger partial charge < -0.3 is 24.7 Å². The number of ether oxygens (including phenoxy) is 2. The number of nitrogens with zero attached hydrogens (tertiary/aromatic N) is 2. The van der Waals surface area contributed by atoms with Crippen molar-refractivity contribution in [1.82, 2.24) is 14.9 Å². The van der Waals surface area contributed by atoms with Crippen molar-refractivity contribution in [3.8, 4) is 11.5 Å². The molecule has 3 heterocycles. The summed E-state index contributed by atoms with van der Waals surface area (Å²) in [7, 11) is 0. The van der Waals surface area contributed by atoms with E-state index in [1.54, 1.807) is 18.2 Å². The van der Waals surface area contributed by atoms with Gasteiger partial charge in [0.15, 0.2) is 23.0 Å². The van der Waals surface area contributed by atoms with Gasteiger partial charge in [0.2, 0.25) is 6.79 Å². The zero-order valence-corrected chi connectivity index (χ0v) is 16.6. The van der Waals surface area contributed by atoms with Crippen molar-refractivity contribution in [2.24, 2.45) is 0 Å². The number of nitrogens with one attached hydrogen (secondary N) is 2. The minimum atomic E-state index is -0.320. The van der Waals surface area contributed by atoms with Crippen LogP contribution in [0.4, 0.5) is 5.69 Å². The molecule has 1 aromatic carbocycles. The van der Waals surface area contributed by atoms with Crippen LogP contribution in [-0.2, 0) is 13.0 Å². The fourth-order valence-electron chi connectivity index (χ4n) is 3.72. The van der Waals surface area contributed by atoms with Gasteiger partial charge in [-0.25, -0.2) is 4.98 Å². The normalized spacial score (nSPS) is 14.4. The molecule has 2 aliphatic heterocycles. The molecule has 0 spiro atoms. The van der Waals surface area contributed by atoms with Gasteiger partial charge in [-0.2, -0.15) is 0 Å². The van der Waals surface area contributed by atoms with Crippen LogP contribution in [0.15, 0.2) is 18.2 Å². The molecule has 2 amide bonds. The van der Waals surface area contributed by atoms with Crippen LogP contribution in [0.2, 0.25) is 0 Å². The summed E-state index contributed by atoms with van der Waals surface area (Å²) in [5.41, 5.74) is 1.75. The second-order valence-electron chi connectivity index (χ2n) is 7.32. The van der Waals surface area contributed by atoms with Crippen molar-refractivity contribution < 1.29 is 19.1 Å². The van der Waals surface area contributed by atoms with Gasteiger partial charge in [-0.3, -0.25) is 9.59 Å². The van der Waals surface area contributed by atoms with Crippen LogP contribution in [0, 0.1) is 0 Å². The van der Waals surface area contributed by atoms with Gasteiger partial charge in [0.1, 0.15) is 0 Å². The van der Waals surface area contributed by atoms with Gasteiger partial charge in [0.05, 0.1) is 5.69 Å². The lowest BCUT2D eigenvalue weighted by Crippen LogP contribution is -2.28. The van der Waals surface area contributed by atoms with E-state index in [0.29, 0.717) is 41.8 Å². The van der Waals surface area contributed by atoms with Crippen LogP contribution in [0.25, 0.3) is 0 Å². The summed E-state index contributed by atoms with van der Waals surface area (Å²) in [6.07, 6.45) is 5.80. The molecule has 0 fully saturated rings. The molecule has 1 aromatic heterocycles. The predicted octanol–water partition coefficient (Wildman–Crippen LogP) is 3.12. The Balaban J connectivity index is 1.53. The molecule has 0 unspecified atom stereocenters. The number of rotatable bonds is 7. The first-order valence-corrected chi connectivity index (χ1v) is 10.3. The summed E-state index contributed by atoms with van der Waals surface area (Å²) in [5, 5.41) is 5.80. The molecule has 0 saturated heterocycles. The molecule has 8 heteroatoms. The topological polar surface area (TPSA) is 94.5 Å². The summed E-state index contributed by atoms with van der Waals surface area (Å²) in [5.74, 6) is 1.05. The zero-order chi connectivity index (χ0) is 20.2. The lowest BCUT2D eigenvalue weighted by molar-refractivity contribution is 0.0937. The van der Waals surface area contributed by atoms with Crippen molar-refractivity contribution in [3.63, 3.8) is 0 Å². The predicted molar refractivity (Wildman–Crippen MR) is 108 cm³/mol. The quantitative estimate of drug-likeness (QED) is 0.699. The largest absolute Gasteiger partial charge is 0.454 e. The number of benzene rings is 1. The number of carbonyl (C=O) groups excluding carboxylic acids is 2. The number of imidazole rings is 1. The highest BCUT2D eigenvalue weighted by atomic mass is 16.7. The molecular weight excluding hydrogens is 372 g/mol. The molecule has 0 aliphatic carbocycles. The molecule has 2 N–H and O–H groups in total. The smallest absolute Gasteiger partial charge is 0.287 e. The van der Waals surface area contributed by atoms with Crippen LogP contribution in [0.1, 0.15) is 65.8 Å². The second-order valence-corrected chi connectivity index (χ2v) is 7.32. The molecule has 4 rings (SSSR count). The number of anilines is 1. The van der Waals surface area contributed by atoms with Gasteiger partial charge in [-0.05, 0) is 37.8 Å². The molecule has 0 saturated carbocycles. The third-order valence-corrected chi connectivity index (χ3v) is 5.23. The molecule has 0 radical (unpaired) electrons. The first-order chi connectivity index (χ1) is 14.2. The van der Waals surface area contributed by atoms with Crippen LogP contribution in [0.5, 0.6) is 11.5 Å². The fraction of sp³-hybridized carbons (Fsp3) is 0.476. The summed E-state index contributed by atoms with van der Waals surface area (Å²) in [6.45, 7) is 3.63. The van der Waals surface area contributed by atoms with E-state index in [1.807, 2.05) is 4.57 Å². The van der Waals surface area contributed by atoms with E-state index in [2.05, 4.69) is 22.5 Å². The maximum Gasteiger partial charge on any atom is 0.287 e. The SMILES string of the molecule is CCCCCNC(=O)c1nc(C(=O)Nc2ccc3c(c2)OCO3)c2n1CCCC2. The average molecular weight is 398 g/mol. The van der Waals surface area contributed by atoms with Crippen molar-refractivity contribution in [3.05, 3.63) is 35.4 Å². The monoisotopic (exact) mass is 398 g/mol. The molecule has 0 bridgehead atoms. The number of amides is 2. The highest BCUT2D eigenvalue weighted by molar-refractivity contribution is 6.05. The molecule has 154 valence electrons.